The molecule has 1 amide bonds. The summed E-state index contributed by atoms with van der Waals surface area (Å²) in [6, 6.07) is -0.524. The molecule has 0 spiro atoms. The summed E-state index contributed by atoms with van der Waals surface area (Å²) in [5.41, 5.74) is -0.928. The molecule has 22 heavy (non-hydrogen) atoms. The first-order valence-electron chi connectivity index (χ1n) is 6.54. The molecule has 6 nitrogen and oxygen atoms in total. The molecule has 2 rings (SSSR count). The smallest absolute Gasteiger partial charge is 0.347 e. The van der Waals surface area contributed by atoms with E-state index in [1.54, 1.807) is 6.92 Å². The van der Waals surface area contributed by atoms with Crippen molar-refractivity contribution in [2.45, 2.75) is 38.5 Å². The van der Waals surface area contributed by atoms with Gasteiger partial charge in [0, 0.05) is 11.8 Å². The minimum absolute atomic E-state index is 0.164. The molecule has 120 valence electrons. The number of alkyl halides is 3. The molecule has 2 heterocycles. The molecule has 0 aliphatic heterocycles. The summed E-state index contributed by atoms with van der Waals surface area (Å²) in [6.07, 6.45) is -0.997. The number of amides is 1. The van der Waals surface area contributed by atoms with Crippen molar-refractivity contribution in [2.75, 3.05) is 0 Å². The molecule has 2 aromatic heterocycles. The van der Waals surface area contributed by atoms with Crippen LogP contribution in [-0.4, -0.2) is 25.7 Å². The number of rotatable bonds is 6. The fourth-order valence-corrected chi connectivity index (χ4v) is 2.71. The molecule has 2 aromatic rings. The number of hydrogen-bond acceptors (Lipinski definition) is 5. The third kappa shape index (κ3) is 4.26. The van der Waals surface area contributed by atoms with Gasteiger partial charge in [-0.3, -0.25) is 9.48 Å². The molecule has 1 atom stereocenters. The van der Waals surface area contributed by atoms with Crippen LogP contribution in [0.5, 0.6) is 0 Å². The highest BCUT2D eigenvalue weighted by molar-refractivity contribution is 7.09. The zero-order valence-electron chi connectivity index (χ0n) is 11.7. The van der Waals surface area contributed by atoms with E-state index in [0.717, 1.165) is 16.7 Å². The minimum Gasteiger partial charge on any atom is -0.347 e. The highest BCUT2D eigenvalue weighted by Gasteiger charge is 2.34. The van der Waals surface area contributed by atoms with Crippen LogP contribution < -0.4 is 5.32 Å². The van der Waals surface area contributed by atoms with Crippen LogP contribution in [0.1, 0.15) is 36.5 Å². The van der Waals surface area contributed by atoms with Crippen molar-refractivity contribution in [1.82, 2.24) is 25.1 Å². The van der Waals surface area contributed by atoms with Gasteiger partial charge < -0.3 is 5.32 Å². The van der Waals surface area contributed by atoms with Crippen LogP contribution in [-0.2, 0) is 17.5 Å². The third-order valence-electron chi connectivity index (χ3n) is 2.89. The number of aromatic nitrogens is 4. The summed E-state index contributed by atoms with van der Waals surface area (Å²) in [4.78, 5) is 19.2. The van der Waals surface area contributed by atoms with E-state index < -0.39 is 17.9 Å². The van der Waals surface area contributed by atoms with Gasteiger partial charge in [0.1, 0.15) is 17.7 Å². The monoisotopic (exact) mass is 333 g/mol. The lowest BCUT2D eigenvalue weighted by molar-refractivity contribution is -0.140. The number of aryl methyl sites for hydroxylation is 1. The first-order chi connectivity index (χ1) is 10.4. The van der Waals surface area contributed by atoms with Gasteiger partial charge in [-0.2, -0.15) is 18.3 Å². The molecule has 0 radical (unpaired) electrons. The van der Waals surface area contributed by atoms with Crippen LogP contribution in [0.15, 0.2) is 18.0 Å². The molecular formula is C12H14F3N5OS. The maximum atomic E-state index is 12.6. The van der Waals surface area contributed by atoms with Crippen LogP contribution in [0.2, 0.25) is 0 Å². The maximum Gasteiger partial charge on any atom is 0.434 e. The van der Waals surface area contributed by atoms with Gasteiger partial charge in [0.2, 0.25) is 5.91 Å². The molecule has 0 unspecified atom stereocenters. The topological polar surface area (TPSA) is 72.7 Å². The van der Waals surface area contributed by atoms with Gasteiger partial charge in [0.25, 0.3) is 0 Å². The number of carbonyl (C=O) groups is 1. The molecule has 1 N–H and O–H groups in total. The molecule has 0 aromatic carbocycles. The van der Waals surface area contributed by atoms with Gasteiger partial charge in [-0.15, -0.1) is 11.3 Å². The van der Waals surface area contributed by atoms with Crippen molar-refractivity contribution in [3.05, 3.63) is 28.7 Å². The van der Waals surface area contributed by atoms with Crippen LogP contribution >= 0.6 is 11.3 Å². The van der Waals surface area contributed by atoms with E-state index in [0.29, 0.717) is 13.0 Å². The number of hydrogen-bond donors (Lipinski definition) is 1. The van der Waals surface area contributed by atoms with E-state index in [2.05, 4.69) is 20.4 Å². The predicted octanol–water partition coefficient (Wildman–Crippen LogP) is 2.41. The van der Waals surface area contributed by atoms with Gasteiger partial charge in [0.15, 0.2) is 5.69 Å². The van der Waals surface area contributed by atoms with Crippen LogP contribution in [0.4, 0.5) is 13.2 Å². The average Bonchev–Trinajstić information content (AvgIpc) is 3.12. The van der Waals surface area contributed by atoms with Gasteiger partial charge >= 0.3 is 6.18 Å². The van der Waals surface area contributed by atoms with Crippen molar-refractivity contribution >= 4 is 17.2 Å². The van der Waals surface area contributed by atoms with Crippen molar-refractivity contribution < 1.29 is 18.0 Å². The SMILES string of the molecule is CC[C@@H](NC(=O)CCn1cncn1)c1nc(C(F)(F)F)cs1. The number of nitrogens with zero attached hydrogens (tertiary/aromatic N) is 4. The molecule has 0 saturated carbocycles. The lowest BCUT2D eigenvalue weighted by atomic mass is 10.2. The normalized spacial score (nSPS) is 13.1. The van der Waals surface area contributed by atoms with Crippen molar-refractivity contribution in [2.24, 2.45) is 0 Å². The van der Waals surface area contributed by atoms with E-state index in [1.807, 2.05) is 0 Å². The lowest BCUT2D eigenvalue weighted by Crippen LogP contribution is -2.29. The molecular weight excluding hydrogens is 319 g/mol. The Kier molecular flexibility index (Phi) is 5.11. The van der Waals surface area contributed by atoms with Gasteiger partial charge in [-0.25, -0.2) is 9.97 Å². The number of carbonyl (C=O) groups excluding carboxylic acids is 1. The molecule has 0 aliphatic rings. The molecule has 0 saturated heterocycles. The van der Waals surface area contributed by atoms with Gasteiger partial charge in [0.05, 0.1) is 12.6 Å². The van der Waals surface area contributed by atoms with Crippen molar-refractivity contribution in [3.8, 4) is 0 Å². The van der Waals surface area contributed by atoms with Crippen molar-refractivity contribution in [3.63, 3.8) is 0 Å². The van der Waals surface area contributed by atoms with E-state index in [9.17, 15) is 18.0 Å². The fraction of sp³-hybridized carbons (Fsp3) is 0.500. The average molecular weight is 333 g/mol. The Morgan fingerprint density at radius 3 is 2.82 bits per heavy atom. The van der Waals surface area contributed by atoms with Gasteiger partial charge in [-0.1, -0.05) is 6.92 Å². The second-order valence-corrected chi connectivity index (χ2v) is 5.40. The molecule has 0 bridgehead atoms. The predicted molar refractivity (Wildman–Crippen MR) is 72.9 cm³/mol. The Balaban J connectivity index is 1.93. The molecule has 0 aliphatic carbocycles. The van der Waals surface area contributed by atoms with E-state index in [-0.39, 0.29) is 17.3 Å². The first-order valence-corrected chi connectivity index (χ1v) is 7.42. The van der Waals surface area contributed by atoms with E-state index in [4.69, 9.17) is 0 Å². The summed E-state index contributed by atoms with van der Waals surface area (Å²) in [5.74, 6) is -0.272. The summed E-state index contributed by atoms with van der Waals surface area (Å²) in [7, 11) is 0. The first kappa shape index (κ1) is 16.4. The quantitative estimate of drug-likeness (QED) is 0.881. The number of nitrogens with one attached hydrogen (secondary N) is 1. The Bertz CT molecular complexity index is 611. The maximum absolute atomic E-state index is 12.6. The zero-order valence-corrected chi connectivity index (χ0v) is 12.5. The largest absolute Gasteiger partial charge is 0.434 e. The molecule has 10 heteroatoms. The lowest BCUT2D eigenvalue weighted by Gasteiger charge is -2.14. The highest BCUT2D eigenvalue weighted by Crippen LogP contribution is 2.32. The Morgan fingerprint density at radius 2 is 2.27 bits per heavy atom. The summed E-state index contributed by atoms with van der Waals surface area (Å²) >= 11 is 0.894. The van der Waals surface area contributed by atoms with E-state index >= 15 is 0 Å². The highest BCUT2D eigenvalue weighted by atomic mass is 32.1. The minimum atomic E-state index is -4.47. The summed E-state index contributed by atoms with van der Waals surface area (Å²) in [5, 5.41) is 7.77. The molecule has 0 fully saturated rings. The van der Waals surface area contributed by atoms with Crippen LogP contribution in [0.3, 0.4) is 0 Å². The Morgan fingerprint density at radius 1 is 1.50 bits per heavy atom. The standard InChI is InChI=1S/C12H14F3N5OS/c1-2-8(11-19-9(5-22-11)12(13,14)15)18-10(21)3-4-20-7-16-6-17-20/h5-8H,2-4H2,1H3,(H,18,21)/t8-/m1/s1. The van der Waals surface area contributed by atoms with Gasteiger partial charge in [-0.05, 0) is 6.42 Å². The second-order valence-electron chi connectivity index (χ2n) is 4.51. The second kappa shape index (κ2) is 6.86. The Labute approximate surface area is 128 Å². The number of halogens is 3. The van der Waals surface area contributed by atoms with Crippen LogP contribution in [0.25, 0.3) is 0 Å². The fourth-order valence-electron chi connectivity index (χ4n) is 1.75. The summed E-state index contributed by atoms with van der Waals surface area (Å²) < 4.78 is 39.2. The zero-order chi connectivity index (χ0) is 16.2. The summed E-state index contributed by atoms with van der Waals surface area (Å²) in [6.45, 7) is 2.13. The third-order valence-corrected chi connectivity index (χ3v) is 3.85. The van der Waals surface area contributed by atoms with Crippen molar-refractivity contribution in [1.29, 1.82) is 0 Å². The Hall–Kier alpha value is -1.97. The van der Waals surface area contributed by atoms with Crippen LogP contribution in [0, 0.1) is 0 Å². The number of thiazole rings is 1. The van der Waals surface area contributed by atoms with E-state index in [1.165, 1.54) is 17.3 Å².